The van der Waals surface area contributed by atoms with Crippen LogP contribution in [0.2, 0.25) is 0 Å². The van der Waals surface area contributed by atoms with Gasteiger partial charge in [0.05, 0.1) is 5.69 Å². The fourth-order valence-electron chi connectivity index (χ4n) is 4.05. The van der Waals surface area contributed by atoms with Crippen molar-refractivity contribution in [1.29, 1.82) is 0 Å². The number of nitrogens with one attached hydrogen (secondary N) is 2. The van der Waals surface area contributed by atoms with E-state index in [4.69, 9.17) is 0 Å². The summed E-state index contributed by atoms with van der Waals surface area (Å²) in [6.45, 7) is 6.43. The van der Waals surface area contributed by atoms with E-state index in [1.165, 1.54) is 18.2 Å². The van der Waals surface area contributed by atoms with E-state index < -0.39 is 5.25 Å². The third-order valence-electron chi connectivity index (χ3n) is 6.06. The molecule has 0 bridgehead atoms. The zero-order valence-electron chi connectivity index (χ0n) is 20.1. The number of benzene rings is 2. The van der Waals surface area contributed by atoms with Crippen LogP contribution in [0.3, 0.4) is 0 Å². The van der Waals surface area contributed by atoms with E-state index in [-0.39, 0.29) is 24.1 Å². The van der Waals surface area contributed by atoms with Crippen molar-refractivity contribution >= 4 is 46.0 Å². The van der Waals surface area contributed by atoms with Crippen LogP contribution in [0, 0.1) is 6.92 Å². The number of amides is 3. The quantitative estimate of drug-likeness (QED) is 0.567. The molecule has 0 radical (unpaired) electrons. The summed E-state index contributed by atoms with van der Waals surface area (Å²) in [5.74, 6) is -0.730. The highest BCUT2D eigenvalue weighted by molar-refractivity contribution is 8.15. The number of nitrogens with zero attached hydrogens (tertiary/aromatic N) is 3. The Hall–Kier alpha value is -3.33. The Morgan fingerprint density at radius 1 is 1.06 bits per heavy atom. The number of thioether (sulfide) groups is 1. The van der Waals surface area contributed by atoms with Gasteiger partial charge in [-0.25, -0.2) is 0 Å². The number of carbonyl (C=O) groups excluding carboxylic acids is 3. The summed E-state index contributed by atoms with van der Waals surface area (Å²) in [6, 6.07) is 14.6. The molecular formula is C26H31N5O3S. The van der Waals surface area contributed by atoms with E-state index in [0.717, 1.165) is 42.3 Å². The molecule has 2 aliphatic rings. The number of hydrogen-bond acceptors (Lipinski definition) is 6. The average Bonchev–Trinajstić information content (AvgIpc) is 3.23. The number of carbonyl (C=O) groups is 3. The van der Waals surface area contributed by atoms with Crippen LogP contribution in [0.1, 0.15) is 48.5 Å². The summed E-state index contributed by atoms with van der Waals surface area (Å²) in [4.78, 5) is 43.9. The largest absolute Gasteiger partial charge is 0.351 e. The topological polar surface area (TPSA) is 94.1 Å². The van der Waals surface area contributed by atoms with E-state index in [2.05, 4.69) is 20.6 Å². The number of hydrogen-bond donors (Lipinski definition) is 2. The van der Waals surface area contributed by atoms with Gasteiger partial charge in [0.2, 0.25) is 5.91 Å². The molecule has 4 rings (SSSR count). The number of likely N-dealkylation sites (tertiary alicyclic amines) is 1. The zero-order chi connectivity index (χ0) is 24.8. The second kappa shape index (κ2) is 11.4. The highest BCUT2D eigenvalue weighted by atomic mass is 32.2. The van der Waals surface area contributed by atoms with Crippen molar-refractivity contribution in [1.82, 2.24) is 10.3 Å². The number of piperidine rings is 1. The molecule has 3 amide bonds. The summed E-state index contributed by atoms with van der Waals surface area (Å²) in [5.41, 5.74) is 6.03. The highest BCUT2D eigenvalue weighted by Crippen LogP contribution is 2.29. The number of rotatable bonds is 7. The van der Waals surface area contributed by atoms with Gasteiger partial charge in [-0.2, -0.15) is 4.99 Å². The Balaban J connectivity index is 1.28. The molecule has 1 saturated heterocycles. The summed E-state index contributed by atoms with van der Waals surface area (Å²) < 4.78 is 0. The molecule has 0 saturated carbocycles. The van der Waals surface area contributed by atoms with E-state index in [0.29, 0.717) is 17.8 Å². The maximum Gasteiger partial charge on any atom is 0.269 e. The number of aliphatic imine (C=N–C) groups is 1. The van der Waals surface area contributed by atoms with Crippen molar-refractivity contribution < 1.29 is 14.4 Å². The lowest BCUT2D eigenvalue weighted by Gasteiger charge is -2.27. The van der Waals surface area contributed by atoms with Gasteiger partial charge < -0.3 is 10.2 Å². The minimum absolute atomic E-state index is 0.0641. The Kier molecular flexibility index (Phi) is 8.07. The smallest absolute Gasteiger partial charge is 0.269 e. The number of amidine groups is 1. The molecule has 9 heteroatoms. The van der Waals surface area contributed by atoms with Crippen LogP contribution < -0.4 is 15.8 Å². The lowest BCUT2D eigenvalue weighted by atomic mass is 10.1. The Labute approximate surface area is 210 Å². The lowest BCUT2D eigenvalue weighted by molar-refractivity contribution is -0.121. The SMILES string of the molecule is CCN(NC(=O)c1ccc(NC(=O)C[C@H]2SC(N3CCCCC3)=NC2=O)cc1)c1ccc(C)cc1. The van der Waals surface area contributed by atoms with Gasteiger partial charge in [0.1, 0.15) is 5.25 Å². The summed E-state index contributed by atoms with van der Waals surface area (Å²) >= 11 is 1.39. The maximum absolute atomic E-state index is 12.7. The van der Waals surface area contributed by atoms with Crippen LogP contribution in [-0.2, 0) is 9.59 Å². The minimum atomic E-state index is -0.487. The molecule has 2 aromatic rings. The van der Waals surface area contributed by atoms with Crippen LogP contribution in [0.4, 0.5) is 11.4 Å². The first-order chi connectivity index (χ1) is 16.9. The molecule has 0 aliphatic carbocycles. The summed E-state index contributed by atoms with van der Waals surface area (Å²) in [5, 5.41) is 4.87. The van der Waals surface area contributed by atoms with Crippen LogP contribution in [0.25, 0.3) is 0 Å². The van der Waals surface area contributed by atoms with Crippen LogP contribution in [0.5, 0.6) is 0 Å². The minimum Gasteiger partial charge on any atom is -0.351 e. The molecule has 2 aromatic carbocycles. The molecule has 0 aromatic heterocycles. The van der Waals surface area contributed by atoms with Gasteiger partial charge in [0.15, 0.2) is 5.17 Å². The van der Waals surface area contributed by atoms with Crippen molar-refractivity contribution in [3.05, 3.63) is 59.7 Å². The second-order valence-electron chi connectivity index (χ2n) is 8.74. The molecule has 8 nitrogen and oxygen atoms in total. The molecule has 0 spiro atoms. The van der Waals surface area contributed by atoms with Crippen molar-refractivity contribution in [2.75, 3.05) is 30.0 Å². The lowest BCUT2D eigenvalue weighted by Crippen LogP contribution is -2.42. The van der Waals surface area contributed by atoms with Crippen molar-refractivity contribution in [2.45, 2.75) is 44.8 Å². The number of anilines is 2. The van der Waals surface area contributed by atoms with Crippen molar-refractivity contribution in [2.24, 2.45) is 4.99 Å². The molecule has 1 atom stereocenters. The maximum atomic E-state index is 12.7. The Morgan fingerprint density at radius 2 is 1.74 bits per heavy atom. The first kappa shape index (κ1) is 24.8. The molecule has 2 heterocycles. The average molecular weight is 494 g/mol. The highest BCUT2D eigenvalue weighted by Gasteiger charge is 2.33. The molecule has 1 fully saturated rings. The van der Waals surface area contributed by atoms with Gasteiger partial charge in [0.25, 0.3) is 11.8 Å². The second-order valence-corrected chi connectivity index (χ2v) is 9.91. The first-order valence-corrected chi connectivity index (χ1v) is 12.9. The number of hydrazine groups is 1. The normalized spacial score (nSPS) is 17.7. The standard InChI is InChI=1S/C26H31N5O3S/c1-3-31(21-13-7-18(2)8-14-21)29-24(33)19-9-11-20(12-10-19)27-23(32)17-22-25(34)28-26(35-22)30-15-5-4-6-16-30/h7-14,22H,3-6,15-17H2,1-2H3,(H,27,32)(H,29,33)/t22-/m1/s1. The monoisotopic (exact) mass is 493 g/mol. The molecule has 35 heavy (non-hydrogen) atoms. The summed E-state index contributed by atoms with van der Waals surface area (Å²) in [6.07, 6.45) is 3.48. The molecule has 184 valence electrons. The van der Waals surface area contributed by atoms with Crippen LogP contribution >= 0.6 is 11.8 Å². The van der Waals surface area contributed by atoms with Gasteiger partial charge in [-0.1, -0.05) is 29.5 Å². The van der Waals surface area contributed by atoms with Crippen molar-refractivity contribution in [3.8, 4) is 0 Å². The van der Waals surface area contributed by atoms with E-state index in [9.17, 15) is 14.4 Å². The molecule has 2 aliphatic heterocycles. The van der Waals surface area contributed by atoms with Gasteiger partial charge in [0, 0.05) is 37.3 Å². The summed E-state index contributed by atoms with van der Waals surface area (Å²) in [7, 11) is 0. The third kappa shape index (κ3) is 6.42. The van der Waals surface area contributed by atoms with Gasteiger partial charge >= 0.3 is 0 Å². The fraction of sp³-hybridized carbons (Fsp3) is 0.385. The fourth-order valence-corrected chi connectivity index (χ4v) is 5.17. The molecule has 0 unspecified atom stereocenters. The van der Waals surface area contributed by atoms with E-state index >= 15 is 0 Å². The molecular weight excluding hydrogens is 462 g/mol. The van der Waals surface area contributed by atoms with Gasteiger partial charge in [-0.05, 0) is 69.5 Å². The zero-order valence-corrected chi connectivity index (χ0v) is 20.9. The molecule has 2 N–H and O–H groups in total. The van der Waals surface area contributed by atoms with E-state index in [1.807, 2.05) is 38.1 Å². The van der Waals surface area contributed by atoms with Gasteiger partial charge in [-0.3, -0.25) is 24.8 Å². The van der Waals surface area contributed by atoms with Gasteiger partial charge in [-0.15, -0.1) is 0 Å². The Morgan fingerprint density at radius 3 is 2.40 bits per heavy atom. The third-order valence-corrected chi connectivity index (χ3v) is 7.27. The Bertz CT molecular complexity index is 1090. The van der Waals surface area contributed by atoms with Crippen molar-refractivity contribution in [3.63, 3.8) is 0 Å². The number of aryl methyl sites for hydroxylation is 1. The van der Waals surface area contributed by atoms with Crippen LogP contribution in [0.15, 0.2) is 53.5 Å². The first-order valence-electron chi connectivity index (χ1n) is 12.0. The predicted molar refractivity (Wildman–Crippen MR) is 141 cm³/mol. The van der Waals surface area contributed by atoms with Crippen LogP contribution in [-0.4, -0.2) is 52.7 Å². The predicted octanol–water partition coefficient (Wildman–Crippen LogP) is 3.98. The van der Waals surface area contributed by atoms with E-state index in [1.54, 1.807) is 29.3 Å².